The van der Waals surface area contributed by atoms with Gasteiger partial charge in [0.2, 0.25) is 0 Å². The molecule has 0 bridgehead atoms. The van der Waals surface area contributed by atoms with Crippen molar-refractivity contribution in [2.24, 2.45) is 11.8 Å². The van der Waals surface area contributed by atoms with Crippen LogP contribution in [0.4, 0.5) is 0 Å². The van der Waals surface area contributed by atoms with E-state index in [1.54, 1.807) is 0 Å². The van der Waals surface area contributed by atoms with E-state index in [1.807, 2.05) is 6.92 Å². The summed E-state index contributed by atoms with van der Waals surface area (Å²) in [6, 6.07) is 0. The van der Waals surface area contributed by atoms with Crippen LogP contribution in [0, 0.1) is 11.8 Å². The number of hydrogen-bond acceptors (Lipinski definition) is 4. The molecule has 7 atom stereocenters. The van der Waals surface area contributed by atoms with Gasteiger partial charge in [-0.2, -0.15) is 0 Å². The van der Waals surface area contributed by atoms with Gasteiger partial charge in [-0.3, -0.25) is 4.79 Å². The summed E-state index contributed by atoms with van der Waals surface area (Å²) in [5.41, 5.74) is -0.0640. The minimum absolute atomic E-state index is 0.00123. The zero-order chi connectivity index (χ0) is 13.4. The number of esters is 1. The van der Waals surface area contributed by atoms with Crippen molar-refractivity contribution in [3.63, 3.8) is 0 Å². The monoisotopic (exact) mass is 266 g/mol. The Balaban J connectivity index is 1.60. The van der Waals surface area contributed by atoms with Crippen LogP contribution in [0.3, 0.4) is 0 Å². The van der Waals surface area contributed by atoms with Crippen LogP contribution in [0.2, 0.25) is 0 Å². The summed E-state index contributed by atoms with van der Waals surface area (Å²) in [5.74, 6) is 0.246. The van der Waals surface area contributed by atoms with E-state index in [1.165, 1.54) is 0 Å². The maximum absolute atomic E-state index is 11.9. The number of ether oxygens (including phenoxy) is 3. The zero-order valence-electron chi connectivity index (χ0n) is 11.8. The quantitative estimate of drug-likeness (QED) is 0.497. The molecule has 4 fully saturated rings. The second-order valence-electron chi connectivity index (χ2n) is 7.24. The van der Waals surface area contributed by atoms with Crippen molar-refractivity contribution < 1.29 is 19.0 Å². The van der Waals surface area contributed by atoms with Gasteiger partial charge in [0.1, 0.15) is 6.10 Å². The molecule has 4 nitrogen and oxygen atoms in total. The molecule has 19 heavy (non-hydrogen) atoms. The lowest BCUT2D eigenvalue weighted by Gasteiger charge is -2.22. The smallest absolute Gasteiger partial charge is 0.309 e. The average Bonchev–Trinajstić information content (AvgIpc) is 3.15. The molecule has 4 heteroatoms. The lowest BCUT2D eigenvalue weighted by Crippen LogP contribution is -2.30. The number of rotatable bonds is 0. The minimum Gasteiger partial charge on any atom is -0.462 e. The Bertz CT molecular complexity index is 436. The van der Waals surface area contributed by atoms with E-state index in [9.17, 15) is 4.79 Å². The van der Waals surface area contributed by atoms with Gasteiger partial charge in [-0.05, 0) is 33.1 Å². The molecule has 0 radical (unpaired) electrons. The van der Waals surface area contributed by atoms with Gasteiger partial charge >= 0.3 is 5.97 Å². The molecule has 3 heterocycles. The summed E-state index contributed by atoms with van der Waals surface area (Å²) >= 11 is 0. The molecule has 0 aromatic rings. The fourth-order valence-corrected chi connectivity index (χ4v) is 4.10. The molecule has 106 valence electrons. The number of hydrogen-bond donors (Lipinski definition) is 0. The highest BCUT2D eigenvalue weighted by Crippen LogP contribution is 2.54. The van der Waals surface area contributed by atoms with Gasteiger partial charge in [-0.1, -0.05) is 6.92 Å². The number of carbonyl (C=O) groups excluding carboxylic acids is 1. The molecule has 0 aromatic carbocycles. The lowest BCUT2D eigenvalue weighted by atomic mass is 9.79. The van der Waals surface area contributed by atoms with E-state index in [0.717, 1.165) is 25.7 Å². The molecule has 0 unspecified atom stereocenters. The Morgan fingerprint density at radius 1 is 1.16 bits per heavy atom. The summed E-state index contributed by atoms with van der Waals surface area (Å²) in [4.78, 5) is 11.9. The van der Waals surface area contributed by atoms with Gasteiger partial charge in [0, 0.05) is 12.3 Å². The van der Waals surface area contributed by atoms with Crippen molar-refractivity contribution in [3.05, 3.63) is 0 Å². The van der Waals surface area contributed by atoms with Gasteiger partial charge in [0.15, 0.2) is 0 Å². The number of fused-ring (bicyclic) bond motifs is 3. The van der Waals surface area contributed by atoms with Crippen LogP contribution in [0.25, 0.3) is 0 Å². The number of carbonyl (C=O) groups is 1. The summed E-state index contributed by atoms with van der Waals surface area (Å²) in [6.45, 7) is 6.34. The highest BCUT2D eigenvalue weighted by molar-refractivity contribution is 5.74. The van der Waals surface area contributed by atoms with Crippen LogP contribution in [-0.2, 0) is 19.0 Å². The Kier molecular flexibility index (Phi) is 2.26. The van der Waals surface area contributed by atoms with Crippen LogP contribution in [0.5, 0.6) is 0 Å². The van der Waals surface area contributed by atoms with E-state index in [2.05, 4.69) is 13.8 Å². The van der Waals surface area contributed by atoms with Gasteiger partial charge in [0.05, 0.1) is 29.3 Å². The van der Waals surface area contributed by atoms with Gasteiger partial charge in [0.25, 0.3) is 0 Å². The Morgan fingerprint density at radius 3 is 2.68 bits per heavy atom. The third-order valence-electron chi connectivity index (χ3n) is 5.83. The van der Waals surface area contributed by atoms with Crippen LogP contribution < -0.4 is 0 Å². The molecule has 4 aliphatic rings. The average molecular weight is 266 g/mol. The lowest BCUT2D eigenvalue weighted by molar-refractivity contribution is -0.144. The maximum atomic E-state index is 11.9. The van der Waals surface area contributed by atoms with Crippen LogP contribution >= 0.6 is 0 Å². The first kappa shape index (κ1) is 12.2. The second-order valence-corrected chi connectivity index (χ2v) is 7.24. The van der Waals surface area contributed by atoms with Gasteiger partial charge in [-0.25, -0.2) is 0 Å². The SMILES string of the molecule is C[C@@H]1C(=O)O[C@H]2C[C@@]3(C)O[C@H]3CC[C@@]3(C)O[C@@H]3C[C@@H]21. The third-order valence-corrected chi connectivity index (χ3v) is 5.83. The summed E-state index contributed by atoms with van der Waals surface area (Å²) in [7, 11) is 0. The van der Waals surface area contributed by atoms with Crippen LogP contribution in [0.15, 0.2) is 0 Å². The molecule has 0 spiro atoms. The normalized spacial score (nSPS) is 59.5. The molecule has 0 aromatic heterocycles. The molecule has 0 N–H and O–H groups in total. The minimum atomic E-state index is -0.0780. The largest absolute Gasteiger partial charge is 0.462 e. The summed E-state index contributed by atoms with van der Waals surface area (Å²) < 4.78 is 17.4. The standard InChI is InChI=1S/C15H22O4/c1-8-9-6-12-14(2,19-12)5-4-11-15(3,18-11)7-10(9)17-13(8)16/h8-12H,4-7H2,1-3H3/t8-,9+,10-,11-,12+,14+,15+/m0/s1. The van der Waals surface area contributed by atoms with Crippen molar-refractivity contribution in [3.8, 4) is 0 Å². The third kappa shape index (κ3) is 1.76. The second kappa shape index (κ2) is 3.53. The van der Waals surface area contributed by atoms with E-state index in [4.69, 9.17) is 14.2 Å². The van der Waals surface area contributed by atoms with Crippen molar-refractivity contribution in [2.45, 2.75) is 76.0 Å². The first-order valence-electron chi connectivity index (χ1n) is 7.47. The molecule has 3 aliphatic heterocycles. The van der Waals surface area contributed by atoms with E-state index < -0.39 is 0 Å². The fourth-order valence-electron chi connectivity index (χ4n) is 4.10. The highest BCUT2D eigenvalue weighted by Gasteiger charge is 2.62. The summed E-state index contributed by atoms with van der Waals surface area (Å²) in [6.07, 6.45) is 4.58. The summed E-state index contributed by atoms with van der Waals surface area (Å²) in [5, 5.41) is 0. The van der Waals surface area contributed by atoms with Gasteiger partial charge < -0.3 is 14.2 Å². The first-order valence-corrected chi connectivity index (χ1v) is 7.47. The predicted octanol–water partition coefficient (Wildman–Crippen LogP) is 2.05. The molecular formula is C15H22O4. The van der Waals surface area contributed by atoms with E-state index >= 15 is 0 Å². The number of epoxide rings is 2. The van der Waals surface area contributed by atoms with Crippen LogP contribution in [-0.4, -0.2) is 35.5 Å². The van der Waals surface area contributed by atoms with E-state index in [0.29, 0.717) is 18.1 Å². The van der Waals surface area contributed by atoms with Crippen LogP contribution in [0.1, 0.15) is 46.5 Å². The molecule has 4 rings (SSSR count). The first-order chi connectivity index (χ1) is 8.91. The Hall–Kier alpha value is -0.610. The molecule has 1 aliphatic carbocycles. The Labute approximate surface area is 113 Å². The fraction of sp³-hybridized carbons (Fsp3) is 0.933. The van der Waals surface area contributed by atoms with E-state index in [-0.39, 0.29) is 29.2 Å². The zero-order valence-corrected chi connectivity index (χ0v) is 11.8. The molecule has 1 saturated carbocycles. The topological polar surface area (TPSA) is 51.4 Å². The van der Waals surface area contributed by atoms with Crippen molar-refractivity contribution in [2.75, 3.05) is 0 Å². The van der Waals surface area contributed by atoms with Gasteiger partial charge in [-0.15, -0.1) is 0 Å². The van der Waals surface area contributed by atoms with Crippen molar-refractivity contribution in [1.29, 1.82) is 0 Å². The predicted molar refractivity (Wildman–Crippen MR) is 67.6 cm³/mol. The molecular weight excluding hydrogens is 244 g/mol. The highest BCUT2D eigenvalue weighted by atomic mass is 16.6. The van der Waals surface area contributed by atoms with Crippen molar-refractivity contribution >= 4 is 5.97 Å². The molecule has 3 saturated heterocycles. The maximum Gasteiger partial charge on any atom is 0.309 e. The molecule has 0 amide bonds. The Morgan fingerprint density at radius 2 is 1.89 bits per heavy atom. The van der Waals surface area contributed by atoms with Crippen molar-refractivity contribution in [1.82, 2.24) is 0 Å².